The van der Waals surface area contributed by atoms with Gasteiger partial charge in [-0.25, -0.2) is 17.6 Å². The normalized spacial score (nSPS) is 13.7. The molecule has 8 heteroatoms. The molecule has 0 saturated carbocycles. The molecule has 0 spiro atoms. The summed E-state index contributed by atoms with van der Waals surface area (Å²) in [6.07, 6.45) is 4.61. The summed E-state index contributed by atoms with van der Waals surface area (Å²) >= 11 is 1.53. The average molecular weight is 566 g/mol. The van der Waals surface area contributed by atoms with Gasteiger partial charge in [-0.2, -0.15) is 0 Å². The molecule has 1 aromatic heterocycles. The molecule has 0 aliphatic heterocycles. The highest BCUT2D eigenvalue weighted by atomic mass is 32.2. The van der Waals surface area contributed by atoms with Gasteiger partial charge >= 0.3 is 5.97 Å². The van der Waals surface area contributed by atoms with Crippen LogP contribution in [0.5, 0.6) is 0 Å². The largest absolute Gasteiger partial charge is 0.463 e. The van der Waals surface area contributed by atoms with Crippen LogP contribution in [0, 0.1) is 0 Å². The van der Waals surface area contributed by atoms with Crippen molar-refractivity contribution in [3.8, 4) is 11.1 Å². The highest BCUT2D eigenvalue weighted by Crippen LogP contribution is 2.38. The van der Waals surface area contributed by atoms with E-state index >= 15 is 4.39 Å². The average Bonchev–Trinajstić information content (AvgIpc) is 2.92. The molecule has 4 aromatic rings. The van der Waals surface area contributed by atoms with E-state index in [1.807, 2.05) is 36.6 Å². The van der Waals surface area contributed by atoms with E-state index in [9.17, 15) is 13.2 Å². The number of thioether (sulfide) groups is 1. The van der Waals surface area contributed by atoms with Crippen molar-refractivity contribution in [3.63, 3.8) is 0 Å². The number of carbonyl (C=O) groups excluding carboxylic acids is 1. The lowest BCUT2D eigenvalue weighted by Crippen LogP contribution is -2.35. The third-order valence-electron chi connectivity index (χ3n) is 7.16. The number of halogens is 1. The maximum atomic E-state index is 16.6. The Morgan fingerprint density at radius 1 is 1.00 bits per heavy atom. The van der Waals surface area contributed by atoms with Gasteiger partial charge in [0.2, 0.25) is 5.67 Å². The van der Waals surface area contributed by atoms with Gasteiger partial charge in [0.05, 0.1) is 16.9 Å². The summed E-state index contributed by atoms with van der Waals surface area (Å²) in [4.78, 5) is 18.5. The summed E-state index contributed by atoms with van der Waals surface area (Å²) in [6.45, 7) is 5.07. The maximum absolute atomic E-state index is 16.6. The quantitative estimate of drug-likeness (QED) is 0.163. The van der Waals surface area contributed by atoms with Gasteiger partial charge in [-0.3, -0.25) is 4.98 Å². The van der Waals surface area contributed by atoms with E-state index in [1.54, 1.807) is 69.4 Å². The first-order valence-corrected chi connectivity index (χ1v) is 15.7. The minimum absolute atomic E-state index is 0.0635. The van der Waals surface area contributed by atoms with Crippen LogP contribution < -0.4 is 0 Å². The fourth-order valence-electron chi connectivity index (χ4n) is 4.50. The second kappa shape index (κ2) is 11.1. The van der Waals surface area contributed by atoms with Gasteiger partial charge in [0.25, 0.3) is 0 Å². The summed E-state index contributed by atoms with van der Waals surface area (Å²) in [5.74, 6) is -0.934. The molecule has 0 aliphatic carbocycles. The number of sulfone groups is 1. The van der Waals surface area contributed by atoms with E-state index in [0.29, 0.717) is 16.6 Å². The Kier molecular flexibility index (Phi) is 8.19. The molecular weight excluding hydrogens is 533 g/mol. The Balaban J connectivity index is 1.83. The van der Waals surface area contributed by atoms with Crippen LogP contribution in [0.4, 0.5) is 4.39 Å². The molecule has 0 aliphatic rings. The highest BCUT2D eigenvalue weighted by Gasteiger charge is 2.42. The molecule has 0 radical (unpaired) electrons. The number of ether oxygens (including phenoxy) is 1. The van der Waals surface area contributed by atoms with E-state index in [2.05, 4.69) is 4.98 Å². The Labute approximate surface area is 233 Å². The molecule has 1 heterocycles. The molecule has 39 heavy (non-hydrogen) atoms. The van der Waals surface area contributed by atoms with Gasteiger partial charge in [-0.05, 0) is 74.0 Å². The van der Waals surface area contributed by atoms with E-state index in [-0.39, 0.29) is 18.6 Å². The van der Waals surface area contributed by atoms with Crippen LogP contribution >= 0.6 is 11.8 Å². The number of rotatable bonds is 9. The predicted molar refractivity (Wildman–Crippen MR) is 156 cm³/mol. The molecule has 0 fully saturated rings. The van der Waals surface area contributed by atoms with Gasteiger partial charge in [0, 0.05) is 40.3 Å². The minimum atomic E-state index is -3.43. The van der Waals surface area contributed by atoms with Crippen LogP contribution in [-0.2, 0) is 36.2 Å². The van der Waals surface area contributed by atoms with E-state index < -0.39 is 26.2 Å². The number of benzene rings is 3. The van der Waals surface area contributed by atoms with Gasteiger partial charge in [0.1, 0.15) is 0 Å². The summed E-state index contributed by atoms with van der Waals surface area (Å²) in [7, 11) is -3.43. The van der Waals surface area contributed by atoms with Crippen LogP contribution in [-0.4, -0.2) is 38.5 Å². The van der Waals surface area contributed by atoms with Crippen LogP contribution in [0.3, 0.4) is 0 Å². The second-order valence-electron chi connectivity index (χ2n) is 10.0. The summed E-state index contributed by atoms with van der Waals surface area (Å²) < 4.78 is 45.9. The number of hydrogen-bond acceptors (Lipinski definition) is 6. The lowest BCUT2D eigenvalue weighted by molar-refractivity contribution is -0.158. The number of aromatic nitrogens is 1. The van der Waals surface area contributed by atoms with Crippen LogP contribution in [0.25, 0.3) is 22.0 Å². The molecule has 0 N–H and O–H groups in total. The first-order valence-electron chi connectivity index (χ1n) is 12.6. The van der Waals surface area contributed by atoms with Crippen molar-refractivity contribution >= 4 is 38.5 Å². The molecule has 1 atom stereocenters. The number of alkyl halides is 1. The predicted octanol–water partition coefficient (Wildman–Crippen LogP) is 6.87. The SMILES string of the molecule is CCOC(=O)C(F)(Cc1cccc(-c2cc(C(C)(C)S(C)(=O)=O)cc3cccnc23)c1)c1ccc(SC)cc1. The van der Waals surface area contributed by atoms with Crippen molar-refractivity contribution in [2.24, 2.45) is 0 Å². The Hall–Kier alpha value is -3.23. The Morgan fingerprint density at radius 3 is 2.36 bits per heavy atom. The van der Waals surface area contributed by atoms with Crippen molar-refractivity contribution in [2.45, 2.75) is 42.5 Å². The second-order valence-corrected chi connectivity index (χ2v) is 13.5. The number of pyridine rings is 1. The Bertz CT molecular complexity index is 1620. The standard InChI is InChI=1S/C31H32FNO4S2/c1-6-37-29(34)31(32,24-12-14-26(38-4)15-13-24)20-21-9-7-10-22(17-21)27-19-25(30(2,3)39(5,35)36)18-23-11-8-16-33-28(23)27/h7-19H,6,20H2,1-5H3. The highest BCUT2D eigenvalue weighted by molar-refractivity contribution is 7.98. The fraction of sp³-hybridized carbons (Fsp3) is 0.290. The summed E-state index contributed by atoms with van der Waals surface area (Å²) in [5, 5.41) is 0.798. The molecule has 0 amide bonds. The first kappa shape index (κ1) is 28.8. The third-order valence-corrected chi connectivity index (χ3v) is 9.99. The molecule has 0 bridgehead atoms. The van der Waals surface area contributed by atoms with Gasteiger partial charge in [-0.15, -0.1) is 11.8 Å². The molecule has 204 valence electrons. The monoisotopic (exact) mass is 565 g/mol. The number of esters is 1. The molecule has 5 nitrogen and oxygen atoms in total. The smallest absolute Gasteiger partial charge is 0.348 e. The summed E-state index contributed by atoms with van der Waals surface area (Å²) in [5.41, 5.74) is 1.24. The lowest BCUT2D eigenvalue weighted by Gasteiger charge is -2.25. The third kappa shape index (κ3) is 5.72. The zero-order chi connectivity index (χ0) is 28.4. The van der Waals surface area contributed by atoms with Crippen molar-refractivity contribution < 1.29 is 22.3 Å². The zero-order valence-corrected chi connectivity index (χ0v) is 24.3. The topological polar surface area (TPSA) is 73.3 Å². The lowest BCUT2D eigenvalue weighted by atomic mass is 9.87. The molecular formula is C31H32FNO4S2. The number of hydrogen-bond donors (Lipinski definition) is 0. The fourth-order valence-corrected chi connectivity index (χ4v) is 5.45. The molecule has 1 unspecified atom stereocenters. The van der Waals surface area contributed by atoms with Crippen LogP contribution in [0.2, 0.25) is 0 Å². The first-order chi connectivity index (χ1) is 18.4. The van der Waals surface area contributed by atoms with E-state index in [4.69, 9.17) is 4.74 Å². The van der Waals surface area contributed by atoms with Crippen molar-refractivity contribution in [1.82, 2.24) is 4.98 Å². The van der Waals surface area contributed by atoms with Crippen LogP contribution in [0.1, 0.15) is 37.5 Å². The van der Waals surface area contributed by atoms with Crippen molar-refractivity contribution in [2.75, 3.05) is 19.1 Å². The van der Waals surface area contributed by atoms with Crippen LogP contribution in [0.15, 0.2) is 83.9 Å². The van der Waals surface area contributed by atoms with E-state index in [1.165, 1.54) is 18.0 Å². The molecule has 4 rings (SSSR count). The van der Waals surface area contributed by atoms with Gasteiger partial charge < -0.3 is 4.74 Å². The number of carbonyl (C=O) groups is 1. The van der Waals surface area contributed by atoms with Crippen molar-refractivity contribution in [3.05, 3.63) is 95.7 Å². The zero-order valence-electron chi connectivity index (χ0n) is 22.7. The molecule has 3 aromatic carbocycles. The van der Waals surface area contributed by atoms with Gasteiger partial charge in [-0.1, -0.05) is 42.5 Å². The maximum Gasteiger partial charge on any atom is 0.348 e. The van der Waals surface area contributed by atoms with Crippen molar-refractivity contribution in [1.29, 1.82) is 0 Å². The number of fused-ring (bicyclic) bond motifs is 1. The van der Waals surface area contributed by atoms with E-state index in [0.717, 1.165) is 21.4 Å². The number of nitrogens with zero attached hydrogens (tertiary/aromatic N) is 1. The Morgan fingerprint density at radius 2 is 1.72 bits per heavy atom. The van der Waals surface area contributed by atoms with Gasteiger partial charge in [0.15, 0.2) is 9.84 Å². The minimum Gasteiger partial charge on any atom is -0.463 e. The summed E-state index contributed by atoms with van der Waals surface area (Å²) in [6, 6.07) is 21.5. The molecule has 0 saturated heterocycles.